The number of amides is 1. The molecule has 1 N–H and O–H groups in total. The van der Waals surface area contributed by atoms with Crippen LogP contribution in [-0.2, 0) is 0 Å². The first kappa shape index (κ1) is 15.7. The van der Waals surface area contributed by atoms with Gasteiger partial charge in [0.05, 0.1) is 11.3 Å². The van der Waals surface area contributed by atoms with Crippen molar-refractivity contribution in [3.63, 3.8) is 0 Å². The lowest BCUT2D eigenvalue weighted by Crippen LogP contribution is -2.15. The van der Waals surface area contributed by atoms with Gasteiger partial charge >= 0.3 is 6.61 Å². The minimum atomic E-state index is -3.00. The van der Waals surface area contributed by atoms with Gasteiger partial charge in [-0.05, 0) is 46.3 Å². The molecule has 0 saturated heterocycles. The SMILES string of the molecule is O=C(Nc1cc(Cl)ccc1Br)c1ccccc1OC(F)F. The molecule has 21 heavy (non-hydrogen) atoms. The summed E-state index contributed by atoms with van der Waals surface area (Å²) in [5.74, 6) is -0.766. The molecule has 0 aromatic heterocycles. The summed E-state index contributed by atoms with van der Waals surface area (Å²) < 4.78 is 29.6. The smallest absolute Gasteiger partial charge is 0.387 e. The third kappa shape index (κ3) is 4.15. The first-order valence-corrected chi connectivity index (χ1v) is 6.94. The van der Waals surface area contributed by atoms with Gasteiger partial charge in [-0.15, -0.1) is 0 Å². The summed E-state index contributed by atoms with van der Waals surface area (Å²) >= 11 is 9.12. The van der Waals surface area contributed by atoms with Gasteiger partial charge in [0.1, 0.15) is 5.75 Å². The Kier molecular flexibility index (Phi) is 5.14. The van der Waals surface area contributed by atoms with Crippen LogP contribution in [0.2, 0.25) is 5.02 Å². The van der Waals surface area contributed by atoms with Crippen molar-refractivity contribution in [3.05, 3.63) is 57.5 Å². The summed E-state index contributed by atoms with van der Waals surface area (Å²) in [6.45, 7) is -3.00. The molecule has 1 amide bonds. The molecule has 110 valence electrons. The van der Waals surface area contributed by atoms with Crippen molar-refractivity contribution in [2.45, 2.75) is 6.61 Å². The highest BCUT2D eigenvalue weighted by atomic mass is 79.9. The topological polar surface area (TPSA) is 38.3 Å². The lowest BCUT2D eigenvalue weighted by atomic mass is 10.2. The molecule has 0 aliphatic rings. The zero-order valence-corrected chi connectivity index (χ0v) is 12.8. The largest absolute Gasteiger partial charge is 0.434 e. The third-order valence-electron chi connectivity index (χ3n) is 2.52. The average Bonchev–Trinajstić information content (AvgIpc) is 2.42. The predicted octanol–water partition coefficient (Wildman–Crippen LogP) is 4.96. The Morgan fingerprint density at radius 3 is 2.67 bits per heavy atom. The predicted molar refractivity (Wildman–Crippen MR) is 80.2 cm³/mol. The molecule has 0 fully saturated rings. The number of ether oxygens (including phenoxy) is 1. The van der Waals surface area contributed by atoms with E-state index in [0.717, 1.165) is 0 Å². The van der Waals surface area contributed by atoms with Crippen LogP contribution in [-0.4, -0.2) is 12.5 Å². The summed E-state index contributed by atoms with van der Waals surface area (Å²) in [6, 6.07) is 10.6. The first-order chi connectivity index (χ1) is 9.97. The second-order valence-corrected chi connectivity index (χ2v) is 5.24. The quantitative estimate of drug-likeness (QED) is 0.819. The van der Waals surface area contributed by atoms with E-state index in [0.29, 0.717) is 15.2 Å². The van der Waals surface area contributed by atoms with Gasteiger partial charge in [0.25, 0.3) is 5.91 Å². The highest BCUT2D eigenvalue weighted by molar-refractivity contribution is 9.10. The molecule has 0 radical (unpaired) electrons. The van der Waals surface area contributed by atoms with E-state index in [1.165, 1.54) is 18.2 Å². The van der Waals surface area contributed by atoms with E-state index in [1.807, 2.05) is 0 Å². The van der Waals surface area contributed by atoms with E-state index < -0.39 is 12.5 Å². The first-order valence-electron chi connectivity index (χ1n) is 5.77. The molecular weight excluding hydrogens is 368 g/mol. The van der Waals surface area contributed by atoms with Crippen LogP contribution in [0.3, 0.4) is 0 Å². The standard InChI is InChI=1S/C14H9BrClF2NO2/c15-10-6-5-8(16)7-11(10)19-13(20)9-3-1-2-4-12(9)21-14(17)18/h1-7,14H,(H,19,20). The van der Waals surface area contributed by atoms with Crippen molar-refractivity contribution < 1.29 is 18.3 Å². The molecule has 0 unspecified atom stereocenters. The number of rotatable bonds is 4. The molecule has 0 heterocycles. The molecule has 0 bridgehead atoms. The van der Waals surface area contributed by atoms with Gasteiger partial charge in [0.2, 0.25) is 0 Å². The van der Waals surface area contributed by atoms with Crippen molar-refractivity contribution in [2.24, 2.45) is 0 Å². The number of hydrogen-bond donors (Lipinski definition) is 1. The molecule has 0 saturated carbocycles. The number of benzene rings is 2. The van der Waals surface area contributed by atoms with Crippen LogP contribution in [0.5, 0.6) is 5.75 Å². The van der Waals surface area contributed by atoms with Crippen LogP contribution >= 0.6 is 27.5 Å². The third-order valence-corrected chi connectivity index (χ3v) is 3.45. The highest BCUT2D eigenvalue weighted by Crippen LogP contribution is 2.28. The van der Waals surface area contributed by atoms with Gasteiger partial charge < -0.3 is 10.1 Å². The lowest BCUT2D eigenvalue weighted by molar-refractivity contribution is -0.0501. The summed E-state index contributed by atoms with van der Waals surface area (Å²) in [7, 11) is 0. The number of alkyl halides is 2. The van der Waals surface area contributed by atoms with E-state index in [-0.39, 0.29) is 11.3 Å². The van der Waals surface area contributed by atoms with Gasteiger partial charge in [0.15, 0.2) is 0 Å². The maximum absolute atomic E-state index is 12.3. The maximum Gasteiger partial charge on any atom is 0.387 e. The monoisotopic (exact) mass is 375 g/mol. The number of nitrogens with one attached hydrogen (secondary N) is 1. The Bertz CT molecular complexity index is 667. The van der Waals surface area contributed by atoms with Crippen molar-refractivity contribution in [3.8, 4) is 5.75 Å². The van der Waals surface area contributed by atoms with Gasteiger partial charge in [-0.2, -0.15) is 8.78 Å². The number of halogens is 4. The fourth-order valence-corrected chi connectivity index (χ4v) is 2.15. The van der Waals surface area contributed by atoms with Crippen LogP contribution in [0.25, 0.3) is 0 Å². The summed E-state index contributed by atoms with van der Waals surface area (Å²) in [4.78, 5) is 12.2. The molecule has 0 spiro atoms. The van der Waals surface area contributed by atoms with Gasteiger partial charge in [-0.1, -0.05) is 23.7 Å². The number of carbonyl (C=O) groups excluding carboxylic acids is 1. The van der Waals surface area contributed by atoms with Gasteiger partial charge in [0, 0.05) is 9.50 Å². The fourth-order valence-electron chi connectivity index (χ4n) is 1.64. The Labute approximate surface area is 133 Å². The zero-order valence-electron chi connectivity index (χ0n) is 10.4. The highest BCUT2D eigenvalue weighted by Gasteiger charge is 2.16. The Morgan fingerprint density at radius 2 is 1.95 bits per heavy atom. The molecule has 2 rings (SSSR count). The van der Waals surface area contributed by atoms with Crippen molar-refractivity contribution in [2.75, 3.05) is 5.32 Å². The minimum Gasteiger partial charge on any atom is -0.434 e. The average molecular weight is 377 g/mol. The molecule has 7 heteroatoms. The second kappa shape index (κ2) is 6.87. The summed E-state index contributed by atoms with van der Waals surface area (Å²) in [5, 5.41) is 3.02. The maximum atomic E-state index is 12.3. The van der Waals surface area contributed by atoms with E-state index in [2.05, 4.69) is 26.0 Å². The Balaban J connectivity index is 2.26. The van der Waals surface area contributed by atoms with E-state index in [9.17, 15) is 13.6 Å². The van der Waals surface area contributed by atoms with Gasteiger partial charge in [-0.25, -0.2) is 0 Å². The molecule has 2 aromatic carbocycles. The van der Waals surface area contributed by atoms with Crippen LogP contribution in [0, 0.1) is 0 Å². The van der Waals surface area contributed by atoms with Crippen LogP contribution in [0.4, 0.5) is 14.5 Å². The molecule has 0 aliphatic heterocycles. The van der Waals surface area contributed by atoms with E-state index >= 15 is 0 Å². The minimum absolute atomic E-state index is 0.00433. The van der Waals surface area contributed by atoms with E-state index in [4.69, 9.17) is 11.6 Å². The lowest BCUT2D eigenvalue weighted by Gasteiger charge is -2.12. The normalized spacial score (nSPS) is 10.5. The molecule has 0 atom stereocenters. The zero-order chi connectivity index (χ0) is 15.4. The second-order valence-electron chi connectivity index (χ2n) is 3.95. The molecule has 3 nitrogen and oxygen atoms in total. The molecular formula is C14H9BrClF2NO2. The number of para-hydroxylation sites is 1. The van der Waals surface area contributed by atoms with Crippen molar-refractivity contribution >= 4 is 39.1 Å². The Hall–Kier alpha value is -1.66. The molecule has 2 aromatic rings. The number of carbonyl (C=O) groups is 1. The van der Waals surface area contributed by atoms with Crippen molar-refractivity contribution in [1.82, 2.24) is 0 Å². The summed E-state index contributed by atoms with van der Waals surface area (Å²) in [6.07, 6.45) is 0. The van der Waals surface area contributed by atoms with Gasteiger partial charge in [-0.3, -0.25) is 4.79 Å². The number of anilines is 1. The Morgan fingerprint density at radius 1 is 1.24 bits per heavy atom. The van der Waals surface area contributed by atoms with E-state index in [1.54, 1.807) is 24.3 Å². The number of hydrogen-bond acceptors (Lipinski definition) is 2. The fraction of sp³-hybridized carbons (Fsp3) is 0.0714. The van der Waals surface area contributed by atoms with Crippen LogP contribution in [0.15, 0.2) is 46.9 Å². The summed E-state index contributed by atoms with van der Waals surface area (Å²) in [5.41, 5.74) is 0.434. The van der Waals surface area contributed by atoms with Crippen LogP contribution in [0.1, 0.15) is 10.4 Å². The van der Waals surface area contributed by atoms with Crippen LogP contribution < -0.4 is 10.1 Å². The van der Waals surface area contributed by atoms with Crippen molar-refractivity contribution in [1.29, 1.82) is 0 Å². The molecule has 0 aliphatic carbocycles.